The largest absolute Gasteiger partial charge is 1.00 e. The van der Waals surface area contributed by atoms with Crippen molar-refractivity contribution in [2.24, 2.45) is 0 Å². The van der Waals surface area contributed by atoms with Gasteiger partial charge in [0.25, 0.3) is 0 Å². The van der Waals surface area contributed by atoms with Crippen molar-refractivity contribution in [1.82, 2.24) is 0 Å². The molecule has 30 heavy (non-hydrogen) atoms. The molecule has 4 rings (SSSR count). The van der Waals surface area contributed by atoms with Gasteiger partial charge in [0.15, 0.2) is 0 Å². The first-order valence-electron chi connectivity index (χ1n) is 9.21. The number of halogens is 3. The summed E-state index contributed by atoms with van der Waals surface area (Å²) in [5, 5.41) is 3.36. The van der Waals surface area contributed by atoms with Gasteiger partial charge in [-0.05, 0) is 47.1 Å². The van der Waals surface area contributed by atoms with E-state index in [4.69, 9.17) is 0 Å². The molecule has 5 heteroatoms. The number of alkyl halides is 3. The van der Waals surface area contributed by atoms with Crippen LogP contribution in [0.5, 0.6) is 0 Å². The number of rotatable bonds is 4. The molecule has 4 aromatic rings. The van der Waals surface area contributed by atoms with Crippen LogP contribution in [0.3, 0.4) is 0 Å². The van der Waals surface area contributed by atoms with Crippen LogP contribution in [0.1, 0.15) is 5.56 Å². The molecule has 0 atom stereocenters. The van der Waals surface area contributed by atoms with Gasteiger partial charge in [0.2, 0.25) is 0 Å². The van der Waals surface area contributed by atoms with E-state index in [1.165, 1.54) is 12.1 Å². The quantitative estimate of drug-likeness (QED) is 0.195. The maximum atomic E-state index is 13.3. The predicted molar refractivity (Wildman–Crippen MR) is 116 cm³/mol. The Morgan fingerprint density at radius 2 is 1.10 bits per heavy atom. The Morgan fingerprint density at radius 1 is 0.567 bits per heavy atom. The number of hydrogen-bond acceptors (Lipinski definition) is 0. The Balaban J connectivity index is 0.00000256. The maximum Gasteiger partial charge on any atom is 1.00 e. The van der Waals surface area contributed by atoms with Gasteiger partial charge in [0.05, 0.1) is 5.56 Å². The van der Waals surface area contributed by atoms with Crippen molar-refractivity contribution in [2.45, 2.75) is 6.18 Å². The summed E-state index contributed by atoms with van der Waals surface area (Å²) in [5.41, 5.74) is 0.778. The van der Waals surface area contributed by atoms with E-state index >= 15 is 0 Å². The molecule has 0 amide bonds. The van der Waals surface area contributed by atoms with Gasteiger partial charge in [-0.25, -0.2) is 0 Å². The summed E-state index contributed by atoms with van der Waals surface area (Å²) in [6, 6.07) is 33.6. The molecular formula is C25H18AuF3P+. The molecule has 0 heterocycles. The zero-order chi connectivity index (χ0) is 20.3. The fourth-order valence-corrected chi connectivity index (χ4v) is 5.83. The van der Waals surface area contributed by atoms with E-state index in [1.807, 2.05) is 60.7 Å². The monoisotopic (exact) mass is 603 g/mol. The molecule has 154 valence electrons. The fourth-order valence-electron chi connectivity index (χ4n) is 3.36. The summed E-state index contributed by atoms with van der Waals surface area (Å²) < 4.78 is 39.8. The van der Waals surface area contributed by atoms with Crippen LogP contribution < -0.4 is 15.9 Å². The molecular weight excluding hydrogens is 585 g/mol. The number of benzene rings is 4. The third-order valence-electron chi connectivity index (χ3n) is 4.67. The normalized spacial score (nSPS) is 11.2. The van der Waals surface area contributed by atoms with Gasteiger partial charge in [-0.2, -0.15) is 13.2 Å². The minimum Gasteiger partial charge on any atom is -0.166 e. The van der Waals surface area contributed by atoms with Gasteiger partial charge in [0.1, 0.15) is 0 Å². The molecule has 0 bridgehead atoms. The van der Waals surface area contributed by atoms with Crippen molar-refractivity contribution in [2.75, 3.05) is 0 Å². The molecule has 0 aromatic heterocycles. The third-order valence-corrected chi connectivity index (χ3v) is 7.18. The van der Waals surface area contributed by atoms with E-state index in [0.29, 0.717) is 5.56 Å². The van der Waals surface area contributed by atoms with Crippen molar-refractivity contribution < 1.29 is 35.6 Å². The van der Waals surface area contributed by atoms with Gasteiger partial charge in [-0.1, -0.05) is 97.1 Å². The predicted octanol–water partition coefficient (Wildman–Crippen LogP) is 6.13. The van der Waals surface area contributed by atoms with Gasteiger partial charge < -0.3 is 0 Å². The average molecular weight is 603 g/mol. The van der Waals surface area contributed by atoms with Crippen LogP contribution in [0.15, 0.2) is 109 Å². The van der Waals surface area contributed by atoms with Crippen LogP contribution in [-0.4, -0.2) is 0 Å². The smallest absolute Gasteiger partial charge is 0.166 e. The van der Waals surface area contributed by atoms with Crippen molar-refractivity contribution in [3.05, 3.63) is 115 Å². The summed E-state index contributed by atoms with van der Waals surface area (Å²) >= 11 is 0. The minimum absolute atomic E-state index is 0. The second kappa shape index (κ2) is 9.77. The Labute approximate surface area is 191 Å². The average Bonchev–Trinajstić information content (AvgIpc) is 2.75. The molecule has 0 aliphatic rings. The van der Waals surface area contributed by atoms with Crippen LogP contribution >= 0.6 is 7.92 Å². The SMILES string of the molecule is FC(F)(F)c1cccc(-c2ccccc2P(c2ccccc2)c2ccccc2)c1.[Au+]. The second-order valence-corrected chi connectivity index (χ2v) is 8.79. The standard InChI is InChI=1S/C25H18F3P.Au/c26-25(27,28)20-11-9-10-19(18-20)23-16-7-8-17-24(23)29(21-12-3-1-4-13-21)22-14-5-2-6-15-22;/h1-18H;/q;+1. The van der Waals surface area contributed by atoms with E-state index in [2.05, 4.69) is 24.3 Å². The topological polar surface area (TPSA) is 0 Å². The van der Waals surface area contributed by atoms with E-state index in [1.54, 1.807) is 6.07 Å². The zero-order valence-electron chi connectivity index (χ0n) is 15.8. The molecule has 0 spiro atoms. The van der Waals surface area contributed by atoms with Crippen LogP contribution in [-0.2, 0) is 28.6 Å². The van der Waals surface area contributed by atoms with Crippen molar-refractivity contribution >= 4 is 23.8 Å². The van der Waals surface area contributed by atoms with Crippen LogP contribution in [0, 0.1) is 0 Å². The first-order chi connectivity index (χ1) is 14.0. The molecule has 0 saturated carbocycles. The van der Waals surface area contributed by atoms with Gasteiger partial charge in [-0.3, -0.25) is 0 Å². The minimum atomic E-state index is -4.37. The van der Waals surface area contributed by atoms with Crippen molar-refractivity contribution in [3.63, 3.8) is 0 Å². The molecule has 0 radical (unpaired) electrons. The Bertz CT molecular complexity index is 1060. The van der Waals surface area contributed by atoms with Crippen LogP contribution in [0.2, 0.25) is 0 Å². The second-order valence-electron chi connectivity index (χ2n) is 6.60. The van der Waals surface area contributed by atoms with Crippen molar-refractivity contribution in [1.29, 1.82) is 0 Å². The molecule has 0 N–H and O–H groups in total. The van der Waals surface area contributed by atoms with Crippen molar-refractivity contribution in [3.8, 4) is 11.1 Å². The molecule has 0 aliphatic carbocycles. The van der Waals surface area contributed by atoms with E-state index in [-0.39, 0.29) is 22.4 Å². The molecule has 0 nitrogen and oxygen atoms in total. The summed E-state index contributed by atoms with van der Waals surface area (Å²) in [7, 11) is -0.909. The third kappa shape index (κ3) is 4.94. The first kappa shape index (κ1) is 22.5. The summed E-state index contributed by atoms with van der Waals surface area (Å²) in [6.07, 6.45) is -4.37. The van der Waals surface area contributed by atoms with Gasteiger partial charge >= 0.3 is 28.6 Å². The Kier molecular flexibility index (Phi) is 7.33. The molecule has 0 unspecified atom stereocenters. The van der Waals surface area contributed by atoms with Gasteiger partial charge in [0, 0.05) is 0 Å². The molecule has 4 aromatic carbocycles. The summed E-state index contributed by atoms with van der Waals surface area (Å²) in [6.45, 7) is 0. The van der Waals surface area contributed by atoms with Crippen LogP contribution in [0.25, 0.3) is 11.1 Å². The summed E-state index contributed by atoms with van der Waals surface area (Å²) in [5.74, 6) is 0. The van der Waals surface area contributed by atoms with Crippen LogP contribution in [0.4, 0.5) is 13.2 Å². The zero-order valence-corrected chi connectivity index (χ0v) is 18.8. The van der Waals surface area contributed by atoms with E-state index in [0.717, 1.165) is 27.5 Å². The fraction of sp³-hybridized carbons (Fsp3) is 0.0400. The first-order valence-corrected chi connectivity index (χ1v) is 10.5. The van der Waals surface area contributed by atoms with Gasteiger partial charge in [-0.15, -0.1) is 0 Å². The Morgan fingerprint density at radius 3 is 1.67 bits per heavy atom. The Hall–Kier alpha value is -2.16. The summed E-state index contributed by atoms with van der Waals surface area (Å²) in [4.78, 5) is 0. The maximum absolute atomic E-state index is 13.3. The van der Waals surface area contributed by atoms with E-state index in [9.17, 15) is 13.2 Å². The molecule has 0 fully saturated rings. The molecule has 0 saturated heterocycles. The van der Waals surface area contributed by atoms with E-state index < -0.39 is 19.7 Å². The number of hydrogen-bond donors (Lipinski definition) is 0. The molecule has 0 aliphatic heterocycles.